The van der Waals surface area contributed by atoms with E-state index >= 15 is 0 Å². The fraction of sp³-hybridized carbons (Fsp3) is 0.364. The molecule has 108 valence electrons. The van der Waals surface area contributed by atoms with E-state index in [-0.39, 0.29) is 130 Å². The van der Waals surface area contributed by atoms with Crippen molar-refractivity contribution in [3.05, 3.63) is 29.8 Å². The van der Waals surface area contributed by atoms with E-state index in [0.29, 0.717) is 18.1 Å². The van der Waals surface area contributed by atoms with E-state index in [1.54, 1.807) is 0 Å². The Labute approximate surface area is 225 Å². The molecule has 7 nitrogen and oxygen atoms in total. The van der Waals surface area contributed by atoms with Gasteiger partial charge in [0.1, 0.15) is 5.75 Å². The maximum atomic E-state index is 11.4. The first-order valence-corrected chi connectivity index (χ1v) is 7.00. The Hall–Kier alpha value is 2.55. The Morgan fingerprint density at radius 3 is 1.70 bits per heavy atom. The van der Waals surface area contributed by atoms with Crippen LogP contribution in [0.25, 0.3) is 0 Å². The third-order valence-electron chi connectivity index (χ3n) is 1.65. The summed E-state index contributed by atoms with van der Waals surface area (Å²) in [6.07, 6.45) is 0. The summed E-state index contributed by atoms with van der Waals surface area (Å²) >= 11 is 0. The zero-order chi connectivity index (χ0) is 15.1. The summed E-state index contributed by atoms with van der Waals surface area (Å²) in [7, 11) is -5.61. The second-order valence-electron chi connectivity index (χ2n) is 4.04. The third-order valence-corrected chi connectivity index (χ3v) is 1.65. The molecule has 0 fully saturated rings. The quantitative estimate of drug-likeness (QED) is 0.407. The summed E-state index contributed by atoms with van der Waals surface area (Å²) in [5.41, 5.74) is 0.462. The second-order valence-corrected chi connectivity index (χ2v) is 5.04. The summed E-state index contributed by atoms with van der Waals surface area (Å²) in [6.45, 7) is 4.37. The van der Waals surface area contributed by atoms with E-state index < -0.39 is 9.05 Å². The monoisotopic (exact) mass is 378 g/mol. The van der Waals surface area contributed by atoms with Crippen LogP contribution >= 0.6 is 0 Å². The van der Waals surface area contributed by atoms with Gasteiger partial charge in [-0.25, -0.2) is 4.79 Å². The van der Waals surface area contributed by atoms with Crippen LogP contribution in [0.15, 0.2) is 24.3 Å². The summed E-state index contributed by atoms with van der Waals surface area (Å²) in [4.78, 5) is 45.7. The van der Waals surface area contributed by atoms with Crippen molar-refractivity contribution in [1.82, 2.24) is 0 Å². The van der Waals surface area contributed by atoms with Crippen molar-refractivity contribution in [2.45, 2.75) is 13.8 Å². The summed E-state index contributed by atoms with van der Waals surface area (Å²) in [6, 6.07) is 6.01. The number of hydrogen-bond acceptors (Lipinski definition) is 7. The van der Waals surface area contributed by atoms with Crippen LogP contribution in [0.1, 0.15) is 24.2 Å². The summed E-state index contributed by atoms with van der Waals surface area (Å²) in [5, 5.41) is 9.00. The number of phenols is 1. The van der Waals surface area contributed by atoms with E-state index in [2.05, 4.69) is 0 Å². The Kier molecular flexibility index (Phi) is 30.6. The molecule has 12 heteroatoms. The van der Waals surface area contributed by atoms with Gasteiger partial charge in [0.25, 0.3) is 0 Å². The molecule has 0 saturated heterocycles. The number of ether oxygens (including phenoxy) is 1. The van der Waals surface area contributed by atoms with Crippen molar-refractivity contribution in [3.8, 4) is 5.75 Å². The molecule has 1 N–H and O–H groups in total. The van der Waals surface area contributed by atoms with Crippen molar-refractivity contribution < 1.29 is 152 Å². The number of rotatable bonds is 3. The van der Waals surface area contributed by atoms with Crippen LogP contribution in [0, 0.1) is 5.92 Å². The van der Waals surface area contributed by atoms with Gasteiger partial charge in [-0.3, -0.25) is 0 Å². The molecule has 0 saturated carbocycles. The van der Waals surface area contributed by atoms with Crippen LogP contribution in [-0.2, 0) is 4.74 Å². The molecule has 0 atom stereocenters. The fourth-order valence-electron chi connectivity index (χ4n) is 0.923. The molecule has 1 aromatic carbocycles. The van der Waals surface area contributed by atoms with Gasteiger partial charge in [-0.05, 0) is 30.2 Å². The van der Waals surface area contributed by atoms with Gasteiger partial charge < -0.3 is 38.1 Å². The molecule has 0 aromatic heterocycles. The van der Waals surface area contributed by atoms with E-state index in [4.69, 9.17) is 29.0 Å². The van der Waals surface area contributed by atoms with Gasteiger partial charge in [-0.1, -0.05) is 13.8 Å². The van der Waals surface area contributed by atoms with Gasteiger partial charge in [0.2, 0.25) is 0 Å². The first kappa shape index (κ1) is 36.5. The number of carbonyl (C=O) groups is 1. The van der Waals surface area contributed by atoms with Crippen LogP contribution in [0.5, 0.6) is 5.75 Å². The number of carbonyl (C=O) groups excluding carboxylic acids is 1. The van der Waals surface area contributed by atoms with Crippen LogP contribution in [0.3, 0.4) is 0 Å². The first-order chi connectivity index (χ1) is 8.59. The molecule has 0 aliphatic heterocycles. The molecule has 0 aliphatic carbocycles. The van der Waals surface area contributed by atoms with Crippen LogP contribution < -0.4 is 137 Å². The van der Waals surface area contributed by atoms with Crippen LogP contribution in [-0.4, -0.2) is 26.7 Å². The topological polar surface area (TPSA) is 139 Å². The van der Waals surface area contributed by atoms with Gasteiger partial charge in [-0.2, -0.15) is 0 Å². The third kappa shape index (κ3) is 26.9. The van der Waals surface area contributed by atoms with Gasteiger partial charge >= 0.3 is 124 Å². The largest absolute Gasteiger partial charge is 1.00 e. The van der Waals surface area contributed by atoms with Crippen molar-refractivity contribution >= 4 is 15.0 Å². The smallest absolute Gasteiger partial charge is 0.894 e. The van der Waals surface area contributed by atoms with E-state index in [1.807, 2.05) is 13.8 Å². The molecule has 0 heterocycles. The maximum absolute atomic E-state index is 11.4. The zero-order valence-corrected chi connectivity index (χ0v) is 23.5. The molecule has 0 radical (unpaired) electrons. The predicted molar refractivity (Wildman–Crippen MR) is 59.0 cm³/mol. The Bertz CT molecular complexity index is 392. The molecular weight excluding hydrogens is 364 g/mol. The number of esters is 1. The molecule has 0 aliphatic rings. The minimum absolute atomic E-state index is 0. The number of aromatic hydroxyl groups is 1. The van der Waals surface area contributed by atoms with E-state index in [1.165, 1.54) is 24.3 Å². The molecule has 1 aromatic rings. The average molecular weight is 378 g/mol. The minimum atomic E-state index is -5.61. The van der Waals surface area contributed by atoms with Crippen LogP contribution in [0.2, 0.25) is 0 Å². The number of benzene rings is 1. The molecule has 0 amide bonds. The molecule has 0 unspecified atom stereocenters. The van der Waals surface area contributed by atoms with Crippen molar-refractivity contribution in [2.75, 3.05) is 6.61 Å². The van der Waals surface area contributed by atoms with E-state index in [0.717, 1.165) is 0 Å². The maximum Gasteiger partial charge on any atom is 1.00 e. The Morgan fingerprint density at radius 2 is 1.39 bits per heavy atom. The van der Waals surface area contributed by atoms with E-state index in [9.17, 15) is 4.79 Å². The van der Waals surface area contributed by atoms with Gasteiger partial charge in [-0.15, -0.1) is 0 Å². The SMILES string of the molecule is CC(C)COC(=O)c1ccc(O)cc1.[Na+].[Na+].[Na+].[Na+].[O-][Si]([O-])([O-])[O-]. The zero-order valence-electron chi connectivity index (χ0n) is 14.5. The second kappa shape index (κ2) is 19.3. The van der Waals surface area contributed by atoms with Crippen LogP contribution in [0.4, 0.5) is 0 Å². The molecule has 23 heavy (non-hydrogen) atoms. The van der Waals surface area contributed by atoms with Crippen molar-refractivity contribution in [3.63, 3.8) is 0 Å². The summed E-state index contributed by atoms with van der Waals surface area (Å²) < 4.78 is 5.01. The molecular formula is C11H14Na4O7Si. The number of hydrogen-bond donors (Lipinski definition) is 1. The summed E-state index contributed by atoms with van der Waals surface area (Å²) in [5.74, 6) is 0.125. The molecule has 0 spiro atoms. The van der Waals surface area contributed by atoms with Crippen molar-refractivity contribution in [2.24, 2.45) is 5.92 Å². The standard InChI is InChI=1S/C11H14O3.4Na.O4Si/c1-8(2)7-14-11(13)9-3-5-10(12)6-4-9;;;;;1-5(2,3)4/h3-6,8,12H,7H2,1-2H3;;;;;/q;4*+1;-4. The normalized spacial score (nSPS) is 8.83. The van der Waals surface area contributed by atoms with Gasteiger partial charge in [0, 0.05) is 0 Å². The minimum Gasteiger partial charge on any atom is -0.894 e. The molecule has 1 rings (SSSR count). The average Bonchev–Trinajstić information content (AvgIpc) is 2.24. The Balaban J connectivity index is -0.000000107. The van der Waals surface area contributed by atoms with Gasteiger partial charge in [0.15, 0.2) is 0 Å². The van der Waals surface area contributed by atoms with Gasteiger partial charge in [0.05, 0.1) is 12.2 Å². The first-order valence-electron chi connectivity index (χ1n) is 5.37. The Morgan fingerprint density at radius 1 is 1.04 bits per heavy atom. The fourth-order valence-corrected chi connectivity index (χ4v) is 0.923. The predicted octanol–water partition coefficient (Wildman–Crippen LogP) is -14.9. The van der Waals surface area contributed by atoms with Crippen molar-refractivity contribution in [1.29, 1.82) is 0 Å². The number of phenolic OH excluding ortho intramolecular Hbond substituents is 1. The molecule has 0 bridgehead atoms.